The molecule has 0 aliphatic heterocycles. The Kier molecular flexibility index (Phi) is 4.03. The van der Waals surface area contributed by atoms with Gasteiger partial charge in [0.05, 0.1) is 17.8 Å². The van der Waals surface area contributed by atoms with Crippen LogP contribution in [0, 0.1) is 5.82 Å². The highest BCUT2D eigenvalue weighted by atomic mass is 19.1. The minimum absolute atomic E-state index is 0.249. The van der Waals surface area contributed by atoms with Gasteiger partial charge < -0.3 is 19.7 Å². The zero-order valence-electron chi connectivity index (χ0n) is 13.1. The molecule has 3 aromatic rings. The number of ether oxygens (including phenoxy) is 1. The first-order valence-electron chi connectivity index (χ1n) is 7.24. The molecule has 0 aliphatic carbocycles. The van der Waals surface area contributed by atoms with Crippen molar-refractivity contribution in [1.29, 1.82) is 0 Å². The van der Waals surface area contributed by atoms with Crippen LogP contribution >= 0.6 is 0 Å². The number of rotatable bonds is 4. The molecule has 0 amide bonds. The van der Waals surface area contributed by atoms with E-state index in [1.165, 1.54) is 18.5 Å². The molecule has 0 spiro atoms. The molecule has 7 nitrogen and oxygen atoms in total. The van der Waals surface area contributed by atoms with E-state index in [-0.39, 0.29) is 18.0 Å². The number of nitrogens with one attached hydrogen (secondary N) is 1. The molecule has 0 saturated carbocycles. The Morgan fingerprint density at radius 1 is 1.38 bits per heavy atom. The molecule has 24 heavy (non-hydrogen) atoms. The van der Waals surface area contributed by atoms with Gasteiger partial charge in [-0.3, -0.25) is 0 Å². The minimum atomic E-state index is -0.547. The monoisotopic (exact) mass is 330 g/mol. The van der Waals surface area contributed by atoms with Gasteiger partial charge in [0.1, 0.15) is 29.1 Å². The Labute approximate surface area is 136 Å². The van der Waals surface area contributed by atoms with Gasteiger partial charge in [-0.2, -0.15) is 0 Å². The van der Waals surface area contributed by atoms with E-state index >= 15 is 0 Å². The number of carbonyl (C=O) groups excluding carboxylic acids is 1. The van der Waals surface area contributed by atoms with Crippen molar-refractivity contribution in [3.8, 4) is 5.75 Å². The van der Waals surface area contributed by atoms with Gasteiger partial charge in [-0.25, -0.2) is 19.2 Å². The summed E-state index contributed by atoms with van der Waals surface area (Å²) in [6.45, 7) is 1.99. The number of carbonyl (C=O) groups is 1. The molecule has 0 radical (unpaired) electrons. The summed E-state index contributed by atoms with van der Waals surface area (Å²) in [7, 11) is 1.69. The van der Waals surface area contributed by atoms with E-state index in [1.807, 2.05) is 0 Å². The number of aromatic hydroxyl groups is 1. The van der Waals surface area contributed by atoms with Gasteiger partial charge in [0.2, 0.25) is 0 Å². The fourth-order valence-electron chi connectivity index (χ4n) is 2.41. The molecule has 0 fully saturated rings. The number of phenols is 1. The predicted molar refractivity (Wildman–Crippen MR) is 85.8 cm³/mol. The number of phenolic OH excluding ortho intramolecular Hbond substituents is 1. The van der Waals surface area contributed by atoms with Gasteiger partial charge >= 0.3 is 5.97 Å². The van der Waals surface area contributed by atoms with E-state index in [1.54, 1.807) is 24.6 Å². The molecule has 2 heterocycles. The third-order valence-electron chi connectivity index (χ3n) is 3.52. The molecule has 8 heteroatoms. The van der Waals surface area contributed by atoms with Gasteiger partial charge in [-0.05, 0) is 25.1 Å². The van der Waals surface area contributed by atoms with Crippen LogP contribution in [-0.2, 0) is 11.8 Å². The van der Waals surface area contributed by atoms with E-state index in [4.69, 9.17) is 4.74 Å². The summed E-state index contributed by atoms with van der Waals surface area (Å²) in [5.74, 6) is -0.885. The van der Waals surface area contributed by atoms with Gasteiger partial charge in [-0.15, -0.1) is 0 Å². The van der Waals surface area contributed by atoms with Crippen LogP contribution < -0.4 is 5.32 Å². The topological polar surface area (TPSA) is 89.3 Å². The van der Waals surface area contributed by atoms with Crippen LogP contribution in [0.2, 0.25) is 0 Å². The Hall–Kier alpha value is -3.16. The number of aryl methyl sites for hydroxylation is 1. The van der Waals surface area contributed by atoms with Crippen LogP contribution in [0.5, 0.6) is 5.75 Å². The van der Waals surface area contributed by atoms with Crippen LogP contribution in [0.1, 0.15) is 17.4 Å². The summed E-state index contributed by atoms with van der Waals surface area (Å²) in [5.41, 5.74) is 1.72. The number of nitrogens with zero attached hydrogens (tertiary/aromatic N) is 3. The zero-order valence-corrected chi connectivity index (χ0v) is 13.1. The maximum absolute atomic E-state index is 13.1. The van der Waals surface area contributed by atoms with Crippen LogP contribution in [0.25, 0.3) is 11.0 Å². The fourth-order valence-corrected chi connectivity index (χ4v) is 2.41. The molecule has 0 aliphatic rings. The van der Waals surface area contributed by atoms with Crippen molar-refractivity contribution < 1.29 is 19.0 Å². The van der Waals surface area contributed by atoms with Crippen molar-refractivity contribution in [2.24, 2.45) is 7.05 Å². The number of anilines is 2. The lowest BCUT2D eigenvalue weighted by Crippen LogP contribution is -2.10. The van der Waals surface area contributed by atoms with Crippen molar-refractivity contribution >= 4 is 28.5 Å². The van der Waals surface area contributed by atoms with Gasteiger partial charge in [0, 0.05) is 13.1 Å². The maximum Gasteiger partial charge on any atom is 0.355 e. The Morgan fingerprint density at radius 3 is 2.88 bits per heavy atom. The number of esters is 1. The zero-order chi connectivity index (χ0) is 17.3. The van der Waals surface area contributed by atoms with Crippen LogP contribution in [0.15, 0.2) is 30.6 Å². The molecule has 2 N–H and O–H groups in total. The third kappa shape index (κ3) is 2.73. The van der Waals surface area contributed by atoms with Crippen molar-refractivity contribution in [2.75, 3.05) is 11.9 Å². The summed E-state index contributed by atoms with van der Waals surface area (Å²) >= 11 is 0. The fraction of sp³-hybridized carbons (Fsp3) is 0.188. The Morgan fingerprint density at radius 2 is 2.17 bits per heavy atom. The molecule has 0 bridgehead atoms. The average Bonchev–Trinajstić information content (AvgIpc) is 2.88. The Balaban J connectivity index is 2.07. The van der Waals surface area contributed by atoms with Crippen LogP contribution in [-0.4, -0.2) is 32.2 Å². The number of aromatic nitrogens is 3. The lowest BCUT2D eigenvalue weighted by Gasteiger charge is -2.10. The van der Waals surface area contributed by atoms with Gasteiger partial charge in [-0.1, -0.05) is 0 Å². The summed E-state index contributed by atoms with van der Waals surface area (Å²) in [5, 5.41) is 12.8. The summed E-state index contributed by atoms with van der Waals surface area (Å²) in [4.78, 5) is 20.3. The SMILES string of the molecule is CCOC(=O)c1cc2ncnc(Nc3ccc(F)cc3O)c2n1C. The first kappa shape index (κ1) is 15.7. The second kappa shape index (κ2) is 6.15. The number of hydrogen-bond acceptors (Lipinski definition) is 6. The molecule has 0 unspecified atom stereocenters. The first-order valence-corrected chi connectivity index (χ1v) is 7.24. The minimum Gasteiger partial charge on any atom is -0.506 e. The number of benzene rings is 1. The number of hydrogen-bond donors (Lipinski definition) is 2. The predicted octanol–water partition coefficient (Wildman–Crippen LogP) is 2.73. The smallest absolute Gasteiger partial charge is 0.355 e. The largest absolute Gasteiger partial charge is 0.506 e. The highest BCUT2D eigenvalue weighted by molar-refractivity contribution is 5.98. The standard InChI is InChI=1S/C16H15FN4O3/c1-3-24-16(23)12-7-11-14(21(12)2)15(19-8-18-11)20-10-5-4-9(17)6-13(10)22/h4-8,22H,3H2,1-2H3,(H,18,19,20). The molecule has 0 atom stereocenters. The molecule has 0 saturated heterocycles. The lowest BCUT2D eigenvalue weighted by molar-refractivity contribution is 0.0516. The van der Waals surface area contributed by atoms with E-state index in [2.05, 4.69) is 15.3 Å². The molecule has 3 rings (SSSR count). The number of halogens is 1. The summed E-state index contributed by atoms with van der Waals surface area (Å²) in [6.07, 6.45) is 1.33. The maximum atomic E-state index is 13.1. The molecular formula is C16H15FN4O3. The summed E-state index contributed by atoms with van der Waals surface area (Å²) < 4.78 is 19.7. The van der Waals surface area contributed by atoms with E-state index in [0.717, 1.165) is 6.07 Å². The quantitative estimate of drug-likeness (QED) is 0.565. The number of fused-ring (bicyclic) bond motifs is 1. The average molecular weight is 330 g/mol. The van der Waals surface area contributed by atoms with Gasteiger partial charge in [0.15, 0.2) is 5.82 Å². The molecule has 1 aromatic carbocycles. The first-order chi connectivity index (χ1) is 11.5. The van der Waals surface area contributed by atoms with E-state index in [9.17, 15) is 14.3 Å². The van der Waals surface area contributed by atoms with E-state index in [0.29, 0.717) is 22.5 Å². The molecule has 124 valence electrons. The van der Waals surface area contributed by atoms with Crippen molar-refractivity contribution in [2.45, 2.75) is 6.92 Å². The normalized spacial score (nSPS) is 10.8. The highest BCUT2D eigenvalue weighted by Crippen LogP contribution is 2.30. The van der Waals surface area contributed by atoms with Crippen molar-refractivity contribution in [3.63, 3.8) is 0 Å². The van der Waals surface area contributed by atoms with E-state index < -0.39 is 11.8 Å². The second-order valence-electron chi connectivity index (χ2n) is 5.05. The van der Waals surface area contributed by atoms with Gasteiger partial charge in [0.25, 0.3) is 0 Å². The van der Waals surface area contributed by atoms with Crippen LogP contribution in [0.4, 0.5) is 15.9 Å². The lowest BCUT2D eigenvalue weighted by atomic mass is 10.3. The molecule has 2 aromatic heterocycles. The summed E-state index contributed by atoms with van der Waals surface area (Å²) in [6, 6.07) is 5.21. The highest BCUT2D eigenvalue weighted by Gasteiger charge is 2.18. The molecular weight excluding hydrogens is 315 g/mol. The van der Waals surface area contributed by atoms with Crippen molar-refractivity contribution in [1.82, 2.24) is 14.5 Å². The van der Waals surface area contributed by atoms with Crippen molar-refractivity contribution in [3.05, 3.63) is 42.1 Å². The second-order valence-corrected chi connectivity index (χ2v) is 5.05. The third-order valence-corrected chi connectivity index (χ3v) is 3.52. The van der Waals surface area contributed by atoms with Crippen LogP contribution in [0.3, 0.4) is 0 Å². The Bertz CT molecular complexity index is 923.